The van der Waals surface area contributed by atoms with Crippen molar-refractivity contribution in [1.29, 1.82) is 0 Å². The predicted molar refractivity (Wildman–Crippen MR) is 115 cm³/mol. The van der Waals surface area contributed by atoms with Gasteiger partial charge in [0.1, 0.15) is 17.5 Å². The van der Waals surface area contributed by atoms with Gasteiger partial charge in [0.25, 0.3) is 0 Å². The highest BCUT2D eigenvalue weighted by Gasteiger charge is 2.30. The molecule has 0 bridgehead atoms. The van der Waals surface area contributed by atoms with Crippen molar-refractivity contribution in [2.75, 3.05) is 13.2 Å². The maximum atomic E-state index is 12.8. The van der Waals surface area contributed by atoms with Crippen LogP contribution < -0.4 is 10.5 Å². The van der Waals surface area contributed by atoms with Crippen LogP contribution in [0.25, 0.3) is 0 Å². The topological polar surface area (TPSA) is 70.8 Å². The third-order valence-electron chi connectivity index (χ3n) is 4.35. The first-order valence-electron chi connectivity index (χ1n) is 10.4. The molecule has 0 aliphatic heterocycles. The molecule has 0 spiro atoms. The highest BCUT2D eigenvalue weighted by Crippen LogP contribution is 2.32. The largest absolute Gasteiger partial charge is 0.486 e. The van der Waals surface area contributed by atoms with Gasteiger partial charge in [0, 0.05) is 12.5 Å². The Morgan fingerprint density at radius 3 is 2.19 bits per heavy atom. The zero-order valence-corrected chi connectivity index (χ0v) is 18.5. The average Bonchev–Trinajstić information content (AvgIpc) is 2.70. The summed E-state index contributed by atoms with van der Waals surface area (Å²) in [6.45, 7) is 5.76. The number of hydrogen-bond donors (Lipinski definition) is 1. The van der Waals surface area contributed by atoms with E-state index in [9.17, 15) is 18.0 Å². The minimum atomic E-state index is -4.41. The van der Waals surface area contributed by atoms with Crippen molar-refractivity contribution >= 4 is 5.97 Å². The van der Waals surface area contributed by atoms with Gasteiger partial charge in [-0.25, -0.2) is 0 Å². The maximum absolute atomic E-state index is 12.8. The summed E-state index contributed by atoms with van der Waals surface area (Å²) in [5.41, 5.74) is 5.75. The molecule has 2 rings (SSSR count). The molecule has 0 saturated heterocycles. The van der Waals surface area contributed by atoms with E-state index in [4.69, 9.17) is 19.9 Å². The Morgan fingerprint density at radius 2 is 1.62 bits per heavy atom. The lowest BCUT2D eigenvalue weighted by Gasteiger charge is -2.23. The van der Waals surface area contributed by atoms with Gasteiger partial charge in [-0.15, -0.1) is 0 Å². The number of carbonyl (C=O) groups is 1. The number of rotatable bonds is 10. The molecule has 32 heavy (non-hydrogen) atoms. The standard InChI is InChI=1S/C24H30F3NO4/c1-23(2,3)32-22(29)13-14-30-16-19(28)15-21(17-7-5-4-6-8-17)31-20-11-9-18(10-12-20)24(25,26)27/h4-12,19,21H,13-16,28H2,1-3H3/t19-,21+/m0/s1. The van der Waals surface area contributed by atoms with E-state index in [0.29, 0.717) is 12.2 Å². The molecule has 0 aromatic heterocycles. The number of ether oxygens (including phenoxy) is 3. The second-order valence-corrected chi connectivity index (χ2v) is 8.45. The van der Waals surface area contributed by atoms with E-state index >= 15 is 0 Å². The second-order valence-electron chi connectivity index (χ2n) is 8.45. The molecule has 0 aliphatic rings. The smallest absolute Gasteiger partial charge is 0.416 e. The SMILES string of the molecule is CC(C)(C)OC(=O)CCOC[C@@H](N)C[C@@H](Oc1ccc(C(F)(F)F)cc1)c1ccccc1. The van der Waals surface area contributed by atoms with Crippen LogP contribution >= 0.6 is 0 Å². The monoisotopic (exact) mass is 453 g/mol. The van der Waals surface area contributed by atoms with Crippen LogP contribution in [0.4, 0.5) is 13.2 Å². The van der Waals surface area contributed by atoms with Crippen LogP contribution in [0.2, 0.25) is 0 Å². The molecule has 5 nitrogen and oxygen atoms in total. The zero-order chi connectivity index (χ0) is 23.8. The Balaban J connectivity index is 1.93. The molecule has 0 heterocycles. The molecular weight excluding hydrogens is 423 g/mol. The van der Waals surface area contributed by atoms with Crippen LogP contribution in [0.15, 0.2) is 54.6 Å². The summed E-state index contributed by atoms with van der Waals surface area (Å²) in [5.74, 6) is -0.0382. The summed E-state index contributed by atoms with van der Waals surface area (Å²) in [7, 11) is 0. The number of halogens is 3. The van der Waals surface area contributed by atoms with Gasteiger partial charge >= 0.3 is 12.1 Å². The van der Waals surface area contributed by atoms with E-state index in [-0.39, 0.29) is 25.6 Å². The molecule has 0 aliphatic carbocycles. The van der Waals surface area contributed by atoms with Gasteiger partial charge in [-0.2, -0.15) is 13.2 Å². The first-order valence-corrected chi connectivity index (χ1v) is 10.4. The first kappa shape index (κ1) is 25.7. The molecule has 2 aromatic carbocycles. The Kier molecular flexibility index (Phi) is 9.09. The number of esters is 1. The van der Waals surface area contributed by atoms with Crippen molar-refractivity contribution < 1.29 is 32.2 Å². The van der Waals surface area contributed by atoms with Crippen molar-refractivity contribution in [1.82, 2.24) is 0 Å². The van der Waals surface area contributed by atoms with Crippen LogP contribution in [0, 0.1) is 0 Å². The molecule has 0 saturated carbocycles. The number of carbonyl (C=O) groups excluding carboxylic acids is 1. The normalized spacial score (nSPS) is 14.0. The average molecular weight is 454 g/mol. The number of alkyl halides is 3. The molecule has 0 amide bonds. The van der Waals surface area contributed by atoms with Crippen molar-refractivity contribution in [3.05, 3.63) is 65.7 Å². The molecule has 8 heteroatoms. The minimum absolute atomic E-state index is 0.119. The fraction of sp³-hybridized carbons (Fsp3) is 0.458. The lowest BCUT2D eigenvalue weighted by molar-refractivity contribution is -0.156. The van der Waals surface area contributed by atoms with Gasteiger partial charge in [-0.05, 0) is 50.6 Å². The van der Waals surface area contributed by atoms with Crippen LogP contribution in [-0.4, -0.2) is 30.8 Å². The van der Waals surface area contributed by atoms with Gasteiger partial charge in [0.2, 0.25) is 0 Å². The molecule has 2 aromatic rings. The van der Waals surface area contributed by atoms with Crippen molar-refractivity contribution in [2.45, 2.75) is 57.5 Å². The van der Waals surface area contributed by atoms with Crippen molar-refractivity contribution in [3.8, 4) is 5.75 Å². The predicted octanol–water partition coefficient (Wildman–Crippen LogP) is 5.29. The first-order chi connectivity index (χ1) is 14.9. The van der Waals surface area contributed by atoms with Gasteiger partial charge < -0.3 is 19.9 Å². The summed E-state index contributed by atoms with van der Waals surface area (Å²) in [6, 6.07) is 13.4. The second kappa shape index (κ2) is 11.3. The zero-order valence-electron chi connectivity index (χ0n) is 18.5. The molecule has 0 radical (unpaired) electrons. The Morgan fingerprint density at radius 1 is 1.00 bits per heavy atom. The van der Waals surface area contributed by atoms with Crippen LogP contribution in [0.3, 0.4) is 0 Å². The highest BCUT2D eigenvalue weighted by atomic mass is 19.4. The fourth-order valence-corrected chi connectivity index (χ4v) is 2.93. The van der Waals surface area contributed by atoms with E-state index < -0.39 is 29.5 Å². The van der Waals surface area contributed by atoms with Crippen molar-refractivity contribution in [2.24, 2.45) is 5.73 Å². The van der Waals surface area contributed by atoms with Crippen LogP contribution in [0.5, 0.6) is 5.75 Å². The molecule has 2 atom stereocenters. The fourth-order valence-electron chi connectivity index (χ4n) is 2.93. The lowest BCUT2D eigenvalue weighted by atomic mass is 10.0. The number of nitrogens with two attached hydrogens (primary N) is 1. The van der Waals surface area contributed by atoms with Gasteiger partial charge in [-0.3, -0.25) is 4.79 Å². The summed E-state index contributed by atoms with van der Waals surface area (Å²) in [5, 5.41) is 0. The number of benzene rings is 2. The van der Waals surface area contributed by atoms with E-state index in [1.165, 1.54) is 12.1 Å². The van der Waals surface area contributed by atoms with Crippen molar-refractivity contribution in [3.63, 3.8) is 0 Å². The molecular formula is C24H30F3NO4. The molecule has 2 N–H and O–H groups in total. The van der Waals surface area contributed by atoms with Gasteiger partial charge in [-0.1, -0.05) is 30.3 Å². The lowest BCUT2D eigenvalue weighted by Crippen LogP contribution is -2.30. The van der Waals surface area contributed by atoms with E-state index in [0.717, 1.165) is 17.7 Å². The maximum Gasteiger partial charge on any atom is 0.416 e. The van der Waals surface area contributed by atoms with Crippen LogP contribution in [0.1, 0.15) is 50.8 Å². The van der Waals surface area contributed by atoms with E-state index in [2.05, 4.69) is 0 Å². The minimum Gasteiger partial charge on any atom is -0.486 e. The third kappa shape index (κ3) is 9.28. The van der Waals surface area contributed by atoms with Crippen LogP contribution in [-0.2, 0) is 20.4 Å². The summed E-state index contributed by atoms with van der Waals surface area (Å²) in [4.78, 5) is 11.7. The molecule has 176 valence electrons. The molecule has 0 fully saturated rings. The summed E-state index contributed by atoms with van der Waals surface area (Å²) >= 11 is 0. The Labute approximate surface area is 186 Å². The summed E-state index contributed by atoms with van der Waals surface area (Å²) in [6.07, 6.45) is -4.39. The van der Waals surface area contributed by atoms with Gasteiger partial charge in [0.05, 0.1) is 25.2 Å². The Hall–Kier alpha value is -2.58. The molecule has 0 unspecified atom stereocenters. The third-order valence-corrected chi connectivity index (χ3v) is 4.35. The summed E-state index contributed by atoms with van der Waals surface area (Å²) < 4.78 is 55.1. The highest BCUT2D eigenvalue weighted by molar-refractivity contribution is 5.69. The van der Waals surface area contributed by atoms with E-state index in [1.54, 1.807) is 20.8 Å². The number of hydrogen-bond acceptors (Lipinski definition) is 5. The van der Waals surface area contributed by atoms with E-state index in [1.807, 2.05) is 30.3 Å². The quantitative estimate of drug-likeness (QED) is 0.391. The van der Waals surface area contributed by atoms with Gasteiger partial charge in [0.15, 0.2) is 0 Å². The Bertz CT molecular complexity index is 833.